The minimum atomic E-state index is 0.229. The van der Waals surface area contributed by atoms with Crippen LogP contribution in [0.5, 0.6) is 11.5 Å². The summed E-state index contributed by atoms with van der Waals surface area (Å²) in [5, 5.41) is 3.43. The average molecular weight is 459 g/mol. The molecule has 0 amide bonds. The lowest BCUT2D eigenvalue weighted by Crippen LogP contribution is -2.47. The van der Waals surface area contributed by atoms with Crippen molar-refractivity contribution < 1.29 is 9.47 Å². The lowest BCUT2D eigenvalue weighted by atomic mass is 10.2. The molecular formula is C24H26N8O2. The van der Waals surface area contributed by atoms with Gasteiger partial charge in [0.2, 0.25) is 12.7 Å². The maximum atomic E-state index is 5.53. The van der Waals surface area contributed by atoms with Gasteiger partial charge in [0.05, 0.1) is 6.33 Å². The van der Waals surface area contributed by atoms with Crippen molar-refractivity contribution in [3.8, 4) is 11.5 Å². The Labute approximate surface area is 197 Å². The Balaban J connectivity index is 1.32. The zero-order chi connectivity index (χ0) is 23.1. The second kappa shape index (κ2) is 8.36. The minimum Gasteiger partial charge on any atom is -0.454 e. The van der Waals surface area contributed by atoms with Gasteiger partial charge in [-0.15, -0.1) is 0 Å². The number of nitrogens with one attached hydrogen (secondary N) is 1. The van der Waals surface area contributed by atoms with Crippen LogP contribution in [0, 0.1) is 0 Å². The van der Waals surface area contributed by atoms with Crippen molar-refractivity contribution in [2.75, 3.05) is 48.1 Å². The molecule has 2 aliphatic heterocycles. The average Bonchev–Trinajstić information content (AvgIpc) is 3.51. The highest BCUT2D eigenvalue weighted by Crippen LogP contribution is 2.36. The van der Waals surface area contributed by atoms with E-state index in [1.54, 1.807) is 0 Å². The molecule has 0 radical (unpaired) electrons. The first kappa shape index (κ1) is 20.5. The summed E-state index contributed by atoms with van der Waals surface area (Å²) >= 11 is 0. The van der Waals surface area contributed by atoms with Gasteiger partial charge >= 0.3 is 0 Å². The van der Waals surface area contributed by atoms with Crippen LogP contribution < -0.4 is 24.6 Å². The fraction of sp³-hybridized carbons (Fsp3) is 0.333. The van der Waals surface area contributed by atoms with Gasteiger partial charge in [0.1, 0.15) is 5.82 Å². The number of hydrogen-bond acceptors (Lipinski definition) is 9. The molecule has 5 heterocycles. The van der Waals surface area contributed by atoms with Gasteiger partial charge in [-0.05, 0) is 38.1 Å². The van der Waals surface area contributed by atoms with E-state index in [4.69, 9.17) is 19.4 Å². The van der Waals surface area contributed by atoms with Gasteiger partial charge < -0.3 is 29.2 Å². The summed E-state index contributed by atoms with van der Waals surface area (Å²) < 4.78 is 13.0. The number of ether oxygens (including phenoxy) is 2. The van der Waals surface area contributed by atoms with Crippen molar-refractivity contribution in [3.05, 3.63) is 48.9 Å². The molecule has 1 fully saturated rings. The number of rotatable bonds is 5. The predicted octanol–water partition coefficient (Wildman–Crippen LogP) is 3.60. The fourth-order valence-corrected chi connectivity index (χ4v) is 4.30. The van der Waals surface area contributed by atoms with Gasteiger partial charge in [-0.3, -0.25) is 0 Å². The molecule has 174 valence electrons. The van der Waals surface area contributed by atoms with Crippen LogP contribution in [0.1, 0.15) is 19.9 Å². The Kier molecular flexibility index (Phi) is 5.05. The molecule has 0 unspecified atom stereocenters. The van der Waals surface area contributed by atoms with Crippen LogP contribution in [0.15, 0.2) is 48.9 Å². The molecule has 1 N–H and O–H groups in total. The molecule has 34 heavy (non-hydrogen) atoms. The number of pyridine rings is 1. The van der Waals surface area contributed by atoms with E-state index in [-0.39, 0.29) is 12.8 Å². The van der Waals surface area contributed by atoms with Crippen molar-refractivity contribution in [3.63, 3.8) is 0 Å². The Bertz CT molecular complexity index is 1320. The highest BCUT2D eigenvalue weighted by Gasteiger charge is 2.23. The topological polar surface area (TPSA) is 93.5 Å². The molecule has 3 aromatic heterocycles. The Morgan fingerprint density at radius 3 is 2.53 bits per heavy atom. The van der Waals surface area contributed by atoms with Gasteiger partial charge in [0.25, 0.3) is 0 Å². The Hall–Kier alpha value is -4.08. The first-order valence-corrected chi connectivity index (χ1v) is 11.5. The third kappa shape index (κ3) is 3.70. The van der Waals surface area contributed by atoms with Crippen LogP contribution in [0.25, 0.3) is 11.2 Å². The summed E-state index contributed by atoms with van der Waals surface area (Å²) in [6, 6.07) is 12.0. The van der Waals surface area contributed by atoms with E-state index in [0.717, 1.165) is 54.6 Å². The van der Waals surface area contributed by atoms with Crippen LogP contribution in [0.2, 0.25) is 0 Å². The largest absolute Gasteiger partial charge is 0.454 e. The van der Waals surface area contributed by atoms with Crippen LogP contribution in [0.4, 0.5) is 23.3 Å². The minimum absolute atomic E-state index is 0.229. The van der Waals surface area contributed by atoms with Crippen molar-refractivity contribution in [1.29, 1.82) is 0 Å². The van der Waals surface area contributed by atoms with E-state index >= 15 is 0 Å². The van der Waals surface area contributed by atoms with E-state index in [0.29, 0.717) is 17.5 Å². The number of anilines is 4. The molecule has 4 aromatic rings. The van der Waals surface area contributed by atoms with Gasteiger partial charge in [-0.2, -0.15) is 9.97 Å². The van der Waals surface area contributed by atoms with Crippen molar-refractivity contribution in [2.24, 2.45) is 0 Å². The molecule has 1 saturated heterocycles. The maximum Gasteiger partial charge on any atom is 0.231 e. The van der Waals surface area contributed by atoms with E-state index in [1.165, 1.54) is 0 Å². The summed E-state index contributed by atoms with van der Waals surface area (Å²) in [5.41, 5.74) is 2.41. The second-order valence-electron chi connectivity index (χ2n) is 8.65. The van der Waals surface area contributed by atoms with Crippen molar-refractivity contribution >= 4 is 34.4 Å². The number of piperazine rings is 1. The predicted molar refractivity (Wildman–Crippen MR) is 130 cm³/mol. The number of aromatic nitrogens is 5. The highest BCUT2D eigenvalue weighted by molar-refractivity contribution is 5.87. The second-order valence-corrected chi connectivity index (χ2v) is 8.65. The van der Waals surface area contributed by atoms with Crippen LogP contribution in [0.3, 0.4) is 0 Å². The fourth-order valence-electron chi connectivity index (χ4n) is 4.30. The molecule has 0 bridgehead atoms. The molecule has 0 saturated carbocycles. The normalized spacial score (nSPS) is 15.4. The summed E-state index contributed by atoms with van der Waals surface area (Å²) in [4.78, 5) is 23.5. The van der Waals surface area contributed by atoms with E-state index in [1.807, 2.05) is 48.9 Å². The molecule has 10 heteroatoms. The highest BCUT2D eigenvalue weighted by atomic mass is 16.7. The SMILES string of the molecule is CC(C)n1cnc2c(Nc3ccc4c(c3)OCO4)nc(N3CCN(c4ccccn4)CC3)nc21. The zero-order valence-electron chi connectivity index (χ0n) is 19.2. The maximum absolute atomic E-state index is 5.53. The standard InChI is InChI=1S/C24H26N8O2/c1-16(2)32-14-26-21-22(27-17-6-7-18-19(13-17)34-15-33-18)28-24(29-23(21)32)31-11-9-30(10-12-31)20-5-3-4-8-25-20/h3-8,13-14,16H,9-12,15H2,1-2H3,(H,27,28,29). The third-order valence-electron chi connectivity index (χ3n) is 6.14. The first-order valence-electron chi connectivity index (χ1n) is 11.5. The van der Waals surface area contributed by atoms with Gasteiger partial charge in [-0.25, -0.2) is 9.97 Å². The lowest BCUT2D eigenvalue weighted by Gasteiger charge is -2.35. The lowest BCUT2D eigenvalue weighted by molar-refractivity contribution is 0.174. The smallest absolute Gasteiger partial charge is 0.231 e. The van der Waals surface area contributed by atoms with Gasteiger partial charge in [-0.1, -0.05) is 6.07 Å². The molecule has 1 aromatic carbocycles. The first-order chi connectivity index (χ1) is 16.7. The molecule has 2 aliphatic rings. The summed E-state index contributed by atoms with van der Waals surface area (Å²) in [6.45, 7) is 7.81. The molecule has 6 rings (SSSR count). The molecule has 0 atom stereocenters. The number of nitrogens with zero attached hydrogens (tertiary/aromatic N) is 7. The molecular weight excluding hydrogens is 432 g/mol. The third-order valence-corrected chi connectivity index (χ3v) is 6.14. The quantitative estimate of drug-likeness (QED) is 0.481. The van der Waals surface area contributed by atoms with Crippen LogP contribution in [-0.4, -0.2) is 57.5 Å². The monoisotopic (exact) mass is 458 g/mol. The molecule has 10 nitrogen and oxygen atoms in total. The number of benzene rings is 1. The Morgan fingerprint density at radius 2 is 1.74 bits per heavy atom. The van der Waals surface area contributed by atoms with Crippen LogP contribution >= 0.6 is 0 Å². The zero-order valence-corrected chi connectivity index (χ0v) is 19.2. The summed E-state index contributed by atoms with van der Waals surface area (Å²) in [7, 11) is 0. The molecule has 0 aliphatic carbocycles. The Morgan fingerprint density at radius 1 is 0.912 bits per heavy atom. The summed E-state index contributed by atoms with van der Waals surface area (Å²) in [6.07, 6.45) is 3.66. The van der Waals surface area contributed by atoms with Crippen molar-refractivity contribution in [2.45, 2.75) is 19.9 Å². The number of hydrogen-bond donors (Lipinski definition) is 1. The number of imidazole rings is 1. The molecule has 0 spiro atoms. The van der Waals surface area contributed by atoms with Gasteiger partial charge in [0, 0.05) is 50.2 Å². The summed E-state index contributed by atoms with van der Waals surface area (Å²) in [5.74, 6) is 3.83. The number of fused-ring (bicyclic) bond motifs is 2. The van der Waals surface area contributed by atoms with E-state index in [9.17, 15) is 0 Å². The van der Waals surface area contributed by atoms with Crippen LogP contribution in [-0.2, 0) is 0 Å². The van der Waals surface area contributed by atoms with Crippen molar-refractivity contribution in [1.82, 2.24) is 24.5 Å². The van der Waals surface area contributed by atoms with E-state index in [2.05, 4.69) is 43.5 Å². The van der Waals surface area contributed by atoms with E-state index < -0.39 is 0 Å². The van der Waals surface area contributed by atoms with Gasteiger partial charge in [0.15, 0.2) is 28.5 Å².